The largest absolute Gasteiger partial charge is 0.490 e. The number of ether oxygens (including phenoxy) is 5. The zero-order chi connectivity index (χ0) is 25.4. The minimum absolute atomic E-state index is 0.0546. The van der Waals surface area contributed by atoms with E-state index in [0.717, 1.165) is 0 Å². The smallest absolute Gasteiger partial charge is 0.338 e. The van der Waals surface area contributed by atoms with Crippen molar-refractivity contribution in [3.05, 3.63) is 82.4 Å². The van der Waals surface area contributed by atoms with Gasteiger partial charge in [-0.1, -0.05) is 12.1 Å². The van der Waals surface area contributed by atoms with Crippen LogP contribution in [0.1, 0.15) is 35.7 Å². The number of carbonyl (C=O) groups is 2. The zero-order valence-corrected chi connectivity index (χ0v) is 19.7. The highest BCUT2D eigenvalue weighted by Crippen LogP contribution is 2.40. The Kier molecular flexibility index (Phi) is 8.35. The summed E-state index contributed by atoms with van der Waals surface area (Å²) in [6, 6.07) is 15.6. The van der Waals surface area contributed by atoms with Crippen molar-refractivity contribution in [3.63, 3.8) is 0 Å². The highest BCUT2D eigenvalue weighted by Gasteiger charge is 2.36. The van der Waals surface area contributed by atoms with E-state index in [2.05, 4.69) is 10.8 Å². The van der Waals surface area contributed by atoms with E-state index in [0.29, 0.717) is 22.6 Å². The molecule has 0 saturated heterocycles. The summed E-state index contributed by atoms with van der Waals surface area (Å²) in [5.74, 6) is -0.416. The van der Waals surface area contributed by atoms with Crippen LogP contribution in [0.15, 0.2) is 71.3 Å². The Labute approximate surface area is 203 Å². The predicted molar refractivity (Wildman–Crippen MR) is 125 cm³/mol. The van der Waals surface area contributed by atoms with Crippen molar-refractivity contribution < 1.29 is 33.3 Å². The number of benzene rings is 2. The van der Waals surface area contributed by atoms with E-state index in [-0.39, 0.29) is 42.6 Å². The van der Waals surface area contributed by atoms with Crippen LogP contribution in [0.5, 0.6) is 11.5 Å². The molecule has 1 atom stereocenters. The lowest BCUT2D eigenvalue weighted by Crippen LogP contribution is -2.25. The Balaban J connectivity index is 1.71. The molecule has 0 aromatic heterocycles. The first-order valence-corrected chi connectivity index (χ1v) is 10.9. The second-order valence-electron chi connectivity index (χ2n) is 7.40. The maximum Gasteiger partial charge on any atom is 0.338 e. The molecule has 9 nitrogen and oxygen atoms in total. The first kappa shape index (κ1) is 25.2. The summed E-state index contributed by atoms with van der Waals surface area (Å²) in [6.45, 7) is 3.97. The molecule has 182 valence electrons. The molecule has 1 heterocycles. The molecule has 0 aliphatic carbocycles. The molecule has 0 radical (unpaired) electrons. The Morgan fingerprint density at radius 1 is 1.06 bits per heavy atom. The first-order chi connectivity index (χ1) is 16.9. The van der Waals surface area contributed by atoms with Gasteiger partial charge in [-0.2, -0.15) is 5.26 Å². The van der Waals surface area contributed by atoms with Crippen LogP contribution < -0.4 is 15.2 Å². The number of hydrogen-bond donors (Lipinski definition) is 1. The van der Waals surface area contributed by atoms with Crippen LogP contribution in [0.25, 0.3) is 0 Å². The number of nitrogens with two attached hydrogens (primary N) is 1. The molecule has 0 bridgehead atoms. The number of nitrogens with zero attached hydrogens (tertiary/aromatic N) is 1. The van der Waals surface area contributed by atoms with Gasteiger partial charge < -0.3 is 29.4 Å². The van der Waals surface area contributed by atoms with E-state index < -0.39 is 17.9 Å². The maximum absolute atomic E-state index is 12.7. The summed E-state index contributed by atoms with van der Waals surface area (Å²) >= 11 is 0. The monoisotopic (exact) mass is 478 g/mol. The lowest BCUT2D eigenvalue weighted by Gasteiger charge is -2.27. The summed E-state index contributed by atoms with van der Waals surface area (Å²) in [7, 11) is 1.32. The van der Waals surface area contributed by atoms with Gasteiger partial charge in [0, 0.05) is 0 Å². The quantitative estimate of drug-likeness (QED) is 0.424. The van der Waals surface area contributed by atoms with Crippen LogP contribution in [-0.4, -0.2) is 38.9 Å². The molecule has 1 aliphatic heterocycles. The van der Waals surface area contributed by atoms with E-state index in [4.69, 9.17) is 24.7 Å². The van der Waals surface area contributed by atoms with E-state index >= 15 is 0 Å². The van der Waals surface area contributed by atoms with Gasteiger partial charge in [-0.3, -0.25) is 0 Å². The highest BCUT2D eigenvalue weighted by atomic mass is 16.5. The number of rotatable bonds is 9. The fourth-order valence-corrected chi connectivity index (χ4v) is 3.60. The van der Waals surface area contributed by atoms with Gasteiger partial charge in [-0.05, 0) is 55.8 Å². The zero-order valence-electron chi connectivity index (χ0n) is 19.7. The lowest BCUT2D eigenvalue weighted by atomic mass is 9.83. The van der Waals surface area contributed by atoms with E-state index in [1.54, 1.807) is 62.4 Å². The Hall–Kier alpha value is -4.45. The SMILES string of the molecule is CCOC(=O)C1=C(C)OC(N)=C(C#N)C1c1cccc(OCCOc2ccc(C(=O)OC)cc2)c1. The van der Waals surface area contributed by atoms with Gasteiger partial charge in [0.2, 0.25) is 5.88 Å². The Morgan fingerprint density at radius 3 is 2.37 bits per heavy atom. The topological polar surface area (TPSA) is 130 Å². The second kappa shape index (κ2) is 11.6. The molecule has 0 amide bonds. The van der Waals surface area contributed by atoms with Crippen molar-refractivity contribution >= 4 is 11.9 Å². The average Bonchev–Trinajstić information content (AvgIpc) is 2.86. The molecular formula is C26H26N2O7. The number of nitriles is 1. The van der Waals surface area contributed by atoms with Crippen LogP contribution in [0.4, 0.5) is 0 Å². The highest BCUT2D eigenvalue weighted by molar-refractivity contribution is 5.92. The van der Waals surface area contributed by atoms with Gasteiger partial charge in [0.15, 0.2) is 0 Å². The number of allylic oxidation sites excluding steroid dienone is 2. The van der Waals surface area contributed by atoms with Crippen molar-refractivity contribution in [3.8, 4) is 17.6 Å². The van der Waals surface area contributed by atoms with Crippen LogP contribution >= 0.6 is 0 Å². The van der Waals surface area contributed by atoms with Crippen LogP contribution in [0, 0.1) is 11.3 Å². The molecule has 2 aromatic rings. The van der Waals surface area contributed by atoms with Gasteiger partial charge in [-0.15, -0.1) is 0 Å². The molecule has 35 heavy (non-hydrogen) atoms. The second-order valence-corrected chi connectivity index (χ2v) is 7.40. The molecular weight excluding hydrogens is 452 g/mol. The van der Waals surface area contributed by atoms with Crippen molar-refractivity contribution in [2.45, 2.75) is 19.8 Å². The molecule has 0 fully saturated rings. The van der Waals surface area contributed by atoms with Gasteiger partial charge in [0.25, 0.3) is 0 Å². The van der Waals surface area contributed by atoms with Gasteiger partial charge in [-0.25, -0.2) is 9.59 Å². The summed E-state index contributed by atoms with van der Waals surface area (Å²) in [5, 5.41) is 9.71. The molecule has 2 N–H and O–H groups in total. The number of esters is 2. The van der Waals surface area contributed by atoms with Crippen molar-refractivity contribution in [2.24, 2.45) is 5.73 Å². The molecule has 2 aromatic carbocycles. The lowest BCUT2D eigenvalue weighted by molar-refractivity contribution is -0.139. The third-order valence-electron chi connectivity index (χ3n) is 5.19. The fraction of sp³-hybridized carbons (Fsp3) is 0.269. The maximum atomic E-state index is 12.7. The first-order valence-electron chi connectivity index (χ1n) is 10.9. The summed E-state index contributed by atoms with van der Waals surface area (Å²) < 4.78 is 26.8. The molecule has 3 rings (SSSR count). The Morgan fingerprint density at radius 2 is 1.74 bits per heavy atom. The minimum atomic E-state index is -0.749. The summed E-state index contributed by atoms with van der Waals surface area (Å²) in [4.78, 5) is 24.2. The molecule has 1 aliphatic rings. The Bertz CT molecular complexity index is 1190. The van der Waals surface area contributed by atoms with Crippen LogP contribution in [0.3, 0.4) is 0 Å². The van der Waals surface area contributed by atoms with Crippen molar-refractivity contribution in [1.29, 1.82) is 5.26 Å². The third kappa shape index (κ3) is 5.92. The molecule has 0 spiro atoms. The van der Waals surface area contributed by atoms with Gasteiger partial charge >= 0.3 is 11.9 Å². The molecule has 0 saturated carbocycles. The summed E-state index contributed by atoms with van der Waals surface area (Å²) in [6.07, 6.45) is 0. The summed E-state index contributed by atoms with van der Waals surface area (Å²) in [5.41, 5.74) is 7.34. The van der Waals surface area contributed by atoms with Gasteiger partial charge in [0.1, 0.15) is 42.1 Å². The standard InChI is InChI=1S/C26H26N2O7/c1-4-32-26(30)22-16(2)35-24(28)21(15-27)23(22)18-6-5-7-20(14-18)34-13-12-33-19-10-8-17(9-11-19)25(29)31-3/h5-11,14,23H,4,12-13,28H2,1-3H3. The molecule has 9 heteroatoms. The number of methoxy groups -OCH3 is 1. The minimum Gasteiger partial charge on any atom is -0.490 e. The predicted octanol–water partition coefficient (Wildman–Crippen LogP) is 3.58. The fourth-order valence-electron chi connectivity index (χ4n) is 3.60. The van der Waals surface area contributed by atoms with Crippen molar-refractivity contribution in [2.75, 3.05) is 26.9 Å². The third-order valence-corrected chi connectivity index (χ3v) is 5.19. The number of hydrogen-bond acceptors (Lipinski definition) is 9. The molecule has 1 unspecified atom stereocenters. The van der Waals surface area contributed by atoms with Crippen LogP contribution in [-0.2, 0) is 19.0 Å². The van der Waals surface area contributed by atoms with E-state index in [1.807, 2.05) is 0 Å². The van der Waals surface area contributed by atoms with Crippen LogP contribution in [0.2, 0.25) is 0 Å². The van der Waals surface area contributed by atoms with Crippen molar-refractivity contribution in [1.82, 2.24) is 0 Å². The normalized spacial score (nSPS) is 15.1. The van der Waals surface area contributed by atoms with Gasteiger partial charge in [0.05, 0.1) is 30.8 Å². The van der Waals surface area contributed by atoms with E-state index in [1.165, 1.54) is 7.11 Å². The van der Waals surface area contributed by atoms with E-state index in [9.17, 15) is 14.9 Å². The average molecular weight is 479 g/mol. The number of carbonyl (C=O) groups excluding carboxylic acids is 2.